The van der Waals surface area contributed by atoms with Crippen LogP contribution in [0.3, 0.4) is 0 Å². The lowest BCUT2D eigenvalue weighted by molar-refractivity contribution is 0.315. The Morgan fingerprint density at radius 3 is 2.36 bits per heavy atom. The van der Waals surface area contributed by atoms with E-state index in [1.165, 1.54) is 18.4 Å². The lowest BCUT2D eigenvalue weighted by Crippen LogP contribution is -2.06. The van der Waals surface area contributed by atoms with Crippen molar-refractivity contribution in [1.82, 2.24) is 0 Å². The first-order valence-corrected chi connectivity index (χ1v) is 6.26. The second-order valence-corrected chi connectivity index (χ2v) is 4.75. The summed E-state index contributed by atoms with van der Waals surface area (Å²) in [7, 11) is 0.649. The van der Waals surface area contributed by atoms with Crippen LogP contribution in [-0.2, 0) is 11.0 Å². The van der Waals surface area contributed by atoms with Crippen LogP contribution in [0.5, 0.6) is 0 Å². The third-order valence-corrected chi connectivity index (χ3v) is 3.78. The molecule has 1 rings (SSSR count). The van der Waals surface area contributed by atoms with Crippen LogP contribution in [0.4, 0.5) is 0 Å². The molecule has 0 fully saturated rings. The fourth-order valence-corrected chi connectivity index (χ4v) is 2.09. The van der Waals surface area contributed by atoms with E-state index in [1.54, 1.807) is 0 Å². The second kappa shape index (κ2) is 6.79. The predicted octanol–water partition coefficient (Wildman–Crippen LogP) is 3.43. The van der Waals surface area contributed by atoms with Gasteiger partial charge in [-0.25, -0.2) is 0 Å². The Bertz CT molecular complexity index is 231. The molecule has 76 valence electrons. The molecule has 0 aromatic heterocycles. The standard InChI is InChI=1S/C12H18OSi/c1-3-12(4-2)14-13-10-11-8-6-5-7-9-11/h5-9,12H,3-4,10H2,1-2H3. The second-order valence-electron chi connectivity index (χ2n) is 3.41. The van der Waals surface area contributed by atoms with Gasteiger partial charge in [0, 0.05) is 0 Å². The molecule has 0 aliphatic carbocycles. The normalized spacial score (nSPS) is 10.8. The molecule has 0 atom stereocenters. The Balaban J connectivity index is 2.21. The van der Waals surface area contributed by atoms with E-state index in [0.29, 0.717) is 9.76 Å². The van der Waals surface area contributed by atoms with E-state index in [4.69, 9.17) is 4.43 Å². The number of hydrogen-bond donors (Lipinski definition) is 0. The van der Waals surface area contributed by atoms with Crippen molar-refractivity contribution in [2.75, 3.05) is 0 Å². The Kier molecular flexibility index (Phi) is 5.57. The molecule has 0 unspecified atom stereocenters. The van der Waals surface area contributed by atoms with Gasteiger partial charge >= 0.3 is 0 Å². The highest BCUT2D eigenvalue weighted by molar-refractivity contribution is 6.29. The van der Waals surface area contributed by atoms with Crippen LogP contribution in [-0.4, -0.2) is 9.76 Å². The zero-order chi connectivity index (χ0) is 10.2. The summed E-state index contributed by atoms with van der Waals surface area (Å²) in [5, 5.41) is 0. The first kappa shape index (κ1) is 11.5. The van der Waals surface area contributed by atoms with Crippen LogP contribution in [0.2, 0.25) is 5.54 Å². The van der Waals surface area contributed by atoms with Gasteiger partial charge in [-0.15, -0.1) is 0 Å². The van der Waals surface area contributed by atoms with Gasteiger partial charge in [0.25, 0.3) is 0 Å². The van der Waals surface area contributed by atoms with Crippen molar-refractivity contribution in [1.29, 1.82) is 0 Å². The van der Waals surface area contributed by atoms with Crippen molar-refractivity contribution in [3.63, 3.8) is 0 Å². The van der Waals surface area contributed by atoms with Gasteiger partial charge in [-0.1, -0.05) is 57.0 Å². The molecule has 0 N–H and O–H groups in total. The van der Waals surface area contributed by atoms with Gasteiger partial charge in [0.15, 0.2) is 0 Å². The Labute approximate surface area is 89.4 Å². The quantitative estimate of drug-likeness (QED) is 0.648. The maximum atomic E-state index is 5.69. The number of hydrogen-bond acceptors (Lipinski definition) is 1. The summed E-state index contributed by atoms with van der Waals surface area (Å²) in [6.45, 7) is 5.22. The Morgan fingerprint density at radius 2 is 1.79 bits per heavy atom. The molecule has 1 nitrogen and oxygen atoms in total. The van der Waals surface area contributed by atoms with Gasteiger partial charge in [-0.2, -0.15) is 0 Å². The minimum absolute atomic E-state index is 0.649. The van der Waals surface area contributed by atoms with Crippen LogP contribution in [0.15, 0.2) is 30.3 Å². The smallest absolute Gasteiger partial charge is 0.233 e. The molecule has 0 heterocycles. The molecule has 1 aromatic carbocycles. The van der Waals surface area contributed by atoms with E-state index < -0.39 is 0 Å². The minimum atomic E-state index is 0.649. The number of rotatable bonds is 6. The summed E-state index contributed by atoms with van der Waals surface area (Å²) in [5.74, 6) is 0. The molecule has 1 aromatic rings. The summed E-state index contributed by atoms with van der Waals surface area (Å²) < 4.78 is 5.69. The van der Waals surface area contributed by atoms with Crippen LogP contribution in [0, 0.1) is 0 Å². The van der Waals surface area contributed by atoms with E-state index in [1.807, 2.05) is 6.07 Å². The van der Waals surface area contributed by atoms with Crippen LogP contribution in [0.1, 0.15) is 32.3 Å². The maximum Gasteiger partial charge on any atom is 0.233 e. The van der Waals surface area contributed by atoms with E-state index in [0.717, 1.165) is 12.1 Å². The predicted molar refractivity (Wildman–Crippen MR) is 61.3 cm³/mol. The topological polar surface area (TPSA) is 9.23 Å². The van der Waals surface area contributed by atoms with Crippen molar-refractivity contribution >= 4 is 9.76 Å². The molecule has 0 saturated carbocycles. The largest absolute Gasteiger partial charge is 0.413 e. The van der Waals surface area contributed by atoms with Gasteiger partial charge in [-0.3, -0.25) is 0 Å². The zero-order valence-electron chi connectivity index (χ0n) is 8.99. The maximum absolute atomic E-state index is 5.69. The number of benzene rings is 1. The summed E-state index contributed by atoms with van der Waals surface area (Å²) in [5.41, 5.74) is 2.02. The highest BCUT2D eigenvalue weighted by Gasteiger charge is 2.05. The molecule has 0 aliphatic heterocycles. The Hall–Kier alpha value is -0.603. The molecule has 0 saturated heterocycles. The molecular formula is C12H18OSi. The molecular weight excluding hydrogens is 188 g/mol. The molecule has 0 amide bonds. The van der Waals surface area contributed by atoms with E-state index in [2.05, 4.69) is 38.1 Å². The van der Waals surface area contributed by atoms with E-state index in [9.17, 15) is 0 Å². The average Bonchev–Trinajstić information content (AvgIpc) is 2.26. The van der Waals surface area contributed by atoms with Crippen molar-refractivity contribution in [3.8, 4) is 0 Å². The monoisotopic (exact) mass is 206 g/mol. The fraction of sp³-hybridized carbons (Fsp3) is 0.500. The summed E-state index contributed by atoms with van der Waals surface area (Å²) in [4.78, 5) is 0. The average molecular weight is 206 g/mol. The van der Waals surface area contributed by atoms with Crippen molar-refractivity contribution in [2.24, 2.45) is 0 Å². The lowest BCUT2D eigenvalue weighted by Gasteiger charge is -2.10. The van der Waals surface area contributed by atoms with Gasteiger partial charge < -0.3 is 4.43 Å². The molecule has 0 aliphatic rings. The van der Waals surface area contributed by atoms with Gasteiger partial charge in [0.05, 0.1) is 6.61 Å². The fourth-order valence-electron chi connectivity index (χ4n) is 1.27. The first-order valence-electron chi connectivity index (χ1n) is 5.28. The summed E-state index contributed by atoms with van der Waals surface area (Å²) in [6.07, 6.45) is 2.45. The molecule has 0 spiro atoms. The molecule has 2 heteroatoms. The highest BCUT2D eigenvalue weighted by atomic mass is 28.2. The van der Waals surface area contributed by atoms with Crippen molar-refractivity contribution in [3.05, 3.63) is 35.9 Å². The Morgan fingerprint density at radius 1 is 1.14 bits per heavy atom. The van der Waals surface area contributed by atoms with Crippen molar-refractivity contribution in [2.45, 2.75) is 38.8 Å². The minimum Gasteiger partial charge on any atom is -0.413 e. The van der Waals surface area contributed by atoms with Gasteiger partial charge in [0.1, 0.15) is 0 Å². The lowest BCUT2D eigenvalue weighted by atomic mass is 10.2. The van der Waals surface area contributed by atoms with Crippen LogP contribution < -0.4 is 0 Å². The zero-order valence-corrected chi connectivity index (χ0v) is 9.99. The molecule has 0 bridgehead atoms. The van der Waals surface area contributed by atoms with Gasteiger partial charge in [0.2, 0.25) is 9.76 Å². The highest BCUT2D eigenvalue weighted by Crippen LogP contribution is 2.13. The van der Waals surface area contributed by atoms with Crippen LogP contribution in [0.25, 0.3) is 0 Å². The molecule has 14 heavy (non-hydrogen) atoms. The summed E-state index contributed by atoms with van der Waals surface area (Å²) >= 11 is 0. The van der Waals surface area contributed by atoms with Crippen LogP contribution >= 0.6 is 0 Å². The first-order chi connectivity index (χ1) is 6.86. The third kappa shape index (κ3) is 4.07. The van der Waals surface area contributed by atoms with Crippen molar-refractivity contribution < 1.29 is 4.43 Å². The summed E-state index contributed by atoms with van der Waals surface area (Å²) in [6, 6.07) is 10.4. The van der Waals surface area contributed by atoms with E-state index >= 15 is 0 Å². The van der Waals surface area contributed by atoms with Gasteiger partial charge in [-0.05, 0) is 11.1 Å². The molecule has 2 radical (unpaired) electrons. The SMILES string of the molecule is CCC(CC)[Si]OCc1ccccc1. The van der Waals surface area contributed by atoms with E-state index in [-0.39, 0.29) is 0 Å². The third-order valence-electron chi connectivity index (χ3n) is 2.32.